The van der Waals surface area contributed by atoms with Gasteiger partial charge in [0.25, 0.3) is 5.56 Å². The van der Waals surface area contributed by atoms with Crippen LogP contribution >= 0.6 is 0 Å². The van der Waals surface area contributed by atoms with Gasteiger partial charge >= 0.3 is 5.97 Å². The molecular formula is C16H14N2O3. The van der Waals surface area contributed by atoms with E-state index in [2.05, 4.69) is 0 Å². The van der Waals surface area contributed by atoms with Crippen LogP contribution in [0.15, 0.2) is 35.1 Å². The summed E-state index contributed by atoms with van der Waals surface area (Å²) in [5.41, 5.74) is 2.03. The molecule has 2 rings (SSSR count). The Balaban J connectivity index is 2.50. The number of hydrogen-bond acceptors (Lipinski definition) is 3. The summed E-state index contributed by atoms with van der Waals surface area (Å²) in [6, 6.07) is 10.1. The Kier molecular flexibility index (Phi) is 3.90. The number of nitrogens with zero attached hydrogens (tertiary/aromatic N) is 2. The third-order valence-corrected chi connectivity index (χ3v) is 3.33. The van der Waals surface area contributed by atoms with Crippen LogP contribution in [0.3, 0.4) is 0 Å². The number of benzene rings is 1. The number of pyridine rings is 1. The first kappa shape index (κ1) is 14.5. The molecular weight excluding hydrogens is 268 g/mol. The zero-order chi connectivity index (χ0) is 15.6. The van der Waals surface area contributed by atoms with Crippen molar-refractivity contribution < 1.29 is 9.90 Å². The lowest BCUT2D eigenvalue weighted by molar-refractivity contribution is 0.0696. The van der Waals surface area contributed by atoms with E-state index in [-0.39, 0.29) is 23.2 Å². The van der Waals surface area contributed by atoms with Gasteiger partial charge in [0.05, 0.1) is 12.1 Å². The Hall–Kier alpha value is -2.87. The number of aromatic nitrogens is 1. The monoisotopic (exact) mass is 282 g/mol. The Morgan fingerprint density at radius 3 is 2.67 bits per heavy atom. The highest BCUT2D eigenvalue weighted by molar-refractivity contribution is 5.87. The van der Waals surface area contributed by atoms with Gasteiger partial charge in [0, 0.05) is 5.69 Å². The van der Waals surface area contributed by atoms with Crippen molar-refractivity contribution in [1.29, 1.82) is 5.26 Å². The third-order valence-electron chi connectivity index (χ3n) is 3.33. The molecule has 0 aliphatic rings. The van der Waals surface area contributed by atoms with Crippen molar-refractivity contribution in [2.45, 2.75) is 20.4 Å². The molecule has 1 heterocycles. The second-order valence-corrected chi connectivity index (χ2v) is 4.85. The van der Waals surface area contributed by atoms with Gasteiger partial charge in [-0.15, -0.1) is 0 Å². The fourth-order valence-corrected chi connectivity index (χ4v) is 2.25. The second kappa shape index (κ2) is 5.63. The molecule has 0 aliphatic heterocycles. The molecule has 0 aliphatic carbocycles. The van der Waals surface area contributed by atoms with Crippen LogP contribution in [0.5, 0.6) is 0 Å². The number of aryl methyl sites for hydroxylation is 2. The number of rotatable bonds is 3. The average Bonchev–Trinajstić information content (AvgIpc) is 2.44. The van der Waals surface area contributed by atoms with Gasteiger partial charge < -0.3 is 9.67 Å². The molecule has 21 heavy (non-hydrogen) atoms. The predicted molar refractivity (Wildman–Crippen MR) is 77.4 cm³/mol. The third kappa shape index (κ3) is 2.84. The van der Waals surface area contributed by atoms with E-state index in [1.807, 2.05) is 6.07 Å². The number of hydrogen-bond donors (Lipinski definition) is 1. The lowest BCUT2D eigenvalue weighted by Crippen LogP contribution is -2.26. The van der Waals surface area contributed by atoms with E-state index in [9.17, 15) is 9.59 Å². The van der Waals surface area contributed by atoms with Gasteiger partial charge in [-0.1, -0.05) is 12.1 Å². The van der Waals surface area contributed by atoms with Gasteiger partial charge in [-0.25, -0.2) is 4.79 Å². The van der Waals surface area contributed by atoms with E-state index >= 15 is 0 Å². The molecule has 0 atom stereocenters. The van der Waals surface area contributed by atoms with Gasteiger partial charge in [0.15, 0.2) is 0 Å². The molecule has 0 spiro atoms. The number of carbonyl (C=O) groups is 1. The van der Waals surface area contributed by atoms with Crippen molar-refractivity contribution in [3.8, 4) is 6.07 Å². The Morgan fingerprint density at radius 2 is 2.05 bits per heavy atom. The molecule has 0 amide bonds. The maximum Gasteiger partial charge on any atom is 0.335 e. The number of carboxylic acid groups (broad SMARTS) is 1. The molecule has 5 heteroatoms. The van der Waals surface area contributed by atoms with Crippen molar-refractivity contribution in [1.82, 2.24) is 4.57 Å². The van der Waals surface area contributed by atoms with Crippen molar-refractivity contribution in [3.63, 3.8) is 0 Å². The van der Waals surface area contributed by atoms with Gasteiger partial charge in [0.1, 0.15) is 11.6 Å². The zero-order valence-corrected chi connectivity index (χ0v) is 11.8. The average molecular weight is 282 g/mol. The molecule has 0 saturated heterocycles. The van der Waals surface area contributed by atoms with E-state index in [1.165, 1.54) is 16.7 Å². The van der Waals surface area contributed by atoms with Gasteiger partial charge in [-0.3, -0.25) is 4.79 Å². The normalized spacial score (nSPS) is 10.1. The topological polar surface area (TPSA) is 83.1 Å². The van der Waals surface area contributed by atoms with Crippen LogP contribution in [0.4, 0.5) is 0 Å². The Bertz CT molecular complexity index is 813. The quantitative estimate of drug-likeness (QED) is 0.934. The molecule has 0 saturated carbocycles. The summed E-state index contributed by atoms with van der Waals surface area (Å²) in [7, 11) is 0. The first-order valence-corrected chi connectivity index (χ1v) is 6.37. The molecule has 2 aromatic rings. The molecule has 5 nitrogen and oxygen atoms in total. The highest BCUT2D eigenvalue weighted by atomic mass is 16.4. The minimum absolute atomic E-state index is 0.120. The number of carboxylic acids is 1. The predicted octanol–water partition coefficient (Wildman–Crippen LogP) is 2.08. The van der Waals surface area contributed by atoms with Crippen LogP contribution in [0.25, 0.3) is 0 Å². The fourth-order valence-electron chi connectivity index (χ4n) is 2.25. The molecule has 1 aromatic heterocycles. The molecule has 0 fully saturated rings. The molecule has 1 aromatic carbocycles. The maximum absolute atomic E-state index is 12.3. The molecule has 0 radical (unpaired) electrons. The first-order chi connectivity index (χ1) is 9.93. The highest BCUT2D eigenvalue weighted by Gasteiger charge is 2.11. The van der Waals surface area contributed by atoms with Gasteiger partial charge in [-0.2, -0.15) is 5.26 Å². The standard InChI is InChI=1S/C16H14N2O3/c1-10-6-11(2)18(15(19)14(10)8-17)9-12-4-3-5-13(7-12)16(20)21/h3-7H,9H2,1-2H3,(H,20,21). The summed E-state index contributed by atoms with van der Waals surface area (Å²) < 4.78 is 1.48. The van der Waals surface area contributed by atoms with Crippen LogP contribution in [0.1, 0.15) is 32.7 Å². The second-order valence-electron chi connectivity index (χ2n) is 4.85. The summed E-state index contributed by atoms with van der Waals surface area (Å²) in [5, 5.41) is 18.0. The van der Waals surface area contributed by atoms with Crippen LogP contribution in [0, 0.1) is 25.2 Å². The minimum Gasteiger partial charge on any atom is -0.478 e. The zero-order valence-electron chi connectivity index (χ0n) is 11.8. The summed E-state index contributed by atoms with van der Waals surface area (Å²) >= 11 is 0. The van der Waals surface area contributed by atoms with Crippen LogP contribution in [-0.2, 0) is 6.54 Å². The fraction of sp³-hybridized carbons (Fsp3) is 0.188. The van der Waals surface area contributed by atoms with Gasteiger partial charge in [0.2, 0.25) is 0 Å². The van der Waals surface area contributed by atoms with Crippen molar-refractivity contribution >= 4 is 5.97 Å². The number of nitriles is 1. The molecule has 106 valence electrons. The van der Waals surface area contributed by atoms with E-state index in [4.69, 9.17) is 10.4 Å². The smallest absolute Gasteiger partial charge is 0.335 e. The summed E-state index contributed by atoms with van der Waals surface area (Å²) in [6.07, 6.45) is 0. The van der Waals surface area contributed by atoms with Crippen LogP contribution in [0.2, 0.25) is 0 Å². The lowest BCUT2D eigenvalue weighted by atomic mass is 10.1. The molecule has 1 N–H and O–H groups in total. The Morgan fingerprint density at radius 1 is 1.33 bits per heavy atom. The Labute approximate surface area is 121 Å². The van der Waals surface area contributed by atoms with Crippen LogP contribution in [-0.4, -0.2) is 15.6 Å². The van der Waals surface area contributed by atoms with Crippen molar-refractivity contribution in [2.75, 3.05) is 0 Å². The molecule has 0 bridgehead atoms. The summed E-state index contributed by atoms with van der Waals surface area (Å²) in [4.78, 5) is 23.3. The highest BCUT2D eigenvalue weighted by Crippen LogP contribution is 2.10. The van der Waals surface area contributed by atoms with E-state index < -0.39 is 5.97 Å². The summed E-state index contributed by atoms with van der Waals surface area (Å²) in [6.45, 7) is 3.75. The van der Waals surface area contributed by atoms with Gasteiger partial charge in [-0.05, 0) is 43.2 Å². The SMILES string of the molecule is Cc1cc(C)n(Cc2cccc(C(=O)O)c2)c(=O)c1C#N. The van der Waals surface area contributed by atoms with Crippen molar-refractivity contribution in [2.24, 2.45) is 0 Å². The number of aromatic carboxylic acids is 1. The largest absolute Gasteiger partial charge is 0.478 e. The minimum atomic E-state index is -1.01. The van der Waals surface area contributed by atoms with E-state index in [0.717, 1.165) is 5.69 Å². The van der Waals surface area contributed by atoms with Crippen LogP contribution < -0.4 is 5.56 Å². The van der Waals surface area contributed by atoms with Crippen molar-refractivity contribution in [3.05, 3.63) is 68.6 Å². The van der Waals surface area contributed by atoms with E-state index in [1.54, 1.807) is 32.0 Å². The maximum atomic E-state index is 12.3. The molecule has 0 unspecified atom stereocenters. The first-order valence-electron chi connectivity index (χ1n) is 6.37. The summed E-state index contributed by atoms with van der Waals surface area (Å²) in [5.74, 6) is -1.01. The van der Waals surface area contributed by atoms with E-state index in [0.29, 0.717) is 11.1 Å². The lowest BCUT2D eigenvalue weighted by Gasteiger charge is -2.12.